The second kappa shape index (κ2) is 8.91. The molecule has 0 radical (unpaired) electrons. The first-order chi connectivity index (χ1) is 15.0. The van der Waals surface area contributed by atoms with Crippen LogP contribution < -0.4 is 14.4 Å². The molecule has 0 fully saturated rings. The number of furan rings is 1. The van der Waals surface area contributed by atoms with Gasteiger partial charge < -0.3 is 13.9 Å². The van der Waals surface area contributed by atoms with Gasteiger partial charge >= 0.3 is 0 Å². The topological polar surface area (TPSA) is 69.0 Å². The zero-order chi connectivity index (χ0) is 22.0. The van der Waals surface area contributed by atoms with Gasteiger partial charge in [0, 0.05) is 5.56 Å². The lowest BCUT2D eigenvalue weighted by atomic mass is 10.0. The molecule has 2 amide bonds. The van der Waals surface area contributed by atoms with E-state index in [-0.39, 0.29) is 5.57 Å². The molecule has 0 unspecified atom stereocenters. The highest BCUT2D eigenvalue weighted by Gasteiger charge is 2.41. The molecular weight excluding hydrogens is 438 g/mol. The van der Waals surface area contributed by atoms with E-state index >= 15 is 0 Å². The third-order valence-electron chi connectivity index (χ3n) is 4.75. The maximum absolute atomic E-state index is 13.5. The molecule has 0 saturated carbocycles. The lowest BCUT2D eigenvalue weighted by molar-refractivity contribution is -0.119. The number of methoxy groups -OCH3 is 2. The number of hydrogen-bond acceptors (Lipinski definition) is 6. The summed E-state index contributed by atoms with van der Waals surface area (Å²) in [5.41, 5.74) is 1.19. The average Bonchev–Trinajstić information content (AvgIpc) is 3.38. The lowest BCUT2D eigenvalue weighted by Crippen LogP contribution is -2.31. The number of anilines is 1. The molecule has 0 spiro atoms. The van der Waals surface area contributed by atoms with Gasteiger partial charge in [-0.05, 0) is 36.4 Å². The van der Waals surface area contributed by atoms with Crippen molar-refractivity contribution in [3.63, 3.8) is 0 Å². The first kappa shape index (κ1) is 21.1. The molecule has 1 aliphatic rings. The largest absolute Gasteiger partial charge is 0.496 e. The molecule has 4 rings (SSSR count). The number of nitrogens with zero attached hydrogens (tertiary/aromatic N) is 1. The summed E-state index contributed by atoms with van der Waals surface area (Å²) >= 11 is 7.49. The second-order valence-electron chi connectivity index (χ2n) is 6.54. The van der Waals surface area contributed by atoms with E-state index in [9.17, 15) is 9.59 Å². The van der Waals surface area contributed by atoms with Crippen LogP contribution in [0.1, 0.15) is 11.3 Å². The molecule has 31 heavy (non-hydrogen) atoms. The standard InChI is InChI=1S/C23H18ClNO5S/c1-28-18-8-4-3-7-16(18)20-21(31-13-15-6-5-11-30-15)23(27)25(22(20)26)14-9-10-19(29-2)17(24)12-14/h3-12H,13H2,1-2H3. The Bertz CT molecular complexity index is 1170. The van der Waals surface area contributed by atoms with Crippen molar-refractivity contribution in [1.29, 1.82) is 0 Å². The van der Waals surface area contributed by atoms with E-state index in [0.29, 0.717) is 44.2 Å². The number of benzene rings is 2. The molecule has 0 bridgehead atoms. The van der Waals surface area contributed by atoms with Crippen LogP contribution in [0.25, 0.3) is 5.57 Å². The molecular formula is C23H18ClNO5S. The number of amides is 2. The number of thioether (sulfide) groups is 1. The van der Waals surface area contributed by atoms with E-state index < -0.39 is 11.8 Å². The fourth-order valence-electron chi connectivity index (χ4n) is 3.30. The molecule has 6 nitrogen and oxygen atoms in total. The number of rotatable bonds is 7. The fraction of sp³-hybridized carbons (Fsp3) is 0.130. The molecule has 0 saturated heterocycles. The molecule has 3 aromatic rings. The Morgan fingerprint density at radius 2 is 1.74 bits per heavy atom. The minimum absolute atomic E-state index is 0.283. The van der Waals surface area contributed by atoms with Crippen molar-refractivity contribution in [3.8, 4) is 11.5 Å². The zero-order valence-electron chi connectivity index (χ0n) is 16.8. The van der Waals surface area contributed by atoms with Crippen molar-refractivity contribution in [1.82, 2.24) is 0 Å². The van der Waals surface area contributed by atoms with Crippen molar-refractivity contribution in [3.05, 3.63) is 82.1 Å². The Hall–Kier alpha value is -3.16. The van der Waals surface area contributed by atoms with Crippen LogP contribution in [-0.2, 0) is 15.3 Å². The van der Waals surface area contributed by atoms with E-state index in [4.69, 9.17) is 25.5 Å². The average molecular weight is 456 g/mol. The monoisotopic (exact) mass is 455 g/mol. The van der Waals surface area contributed by atoms with E-state index in [0.717, 1.165) is 4.90 Å². The summed E-state index contributed by atoms with van der Waals surface area (Å²) in [4.78, 5) is 28.3. The Morgan fingerprint density at radius 1 is 0.968 bits per heavy atom. The van der Waals surface area contributed by atoms with Gasteiger partial charge in [0.25, 0.3) is 11.8 Å². The summed E-state index contributed by atoms with van der Waals surface area (Å²) in [6, 6.07) is 15.5. The van der Waals surface area contributed by atoms with Crippen LogP contribution in [0.5, 0.6) is 11.5 Å². The van der Waals surface area contributed by atoms with E-state index in [1.807, 2.05) is 6.07 Å². The van der Waals surface area contributed by atoms with Crippen molar-refractivity contribution in [2.45, 2.75) is 5.75 Å². The maximum atomic E-state index is 13.5. The number of halogens is 1. The Balaban J connectivity index is 1.79. The van der Waals surface area contributed by atoms with Crippen molar-refractivity contribution in [2.75, 3.05) is 19.1 Å². The van der Waals surface area contributed by atoms with Gasteiger partial charge in [0.15, 0.2) is 0 Å². The number of imide groups is 1. The molecule has 1 aliphatic heterocycles. The molecule has 0 N–H and O–H groups in total. The summed E-state index contributed by atoms with van der Waals surface area (Å²) in [6.07, 6.45) is 1.57. The van der Waals surface area contributed by atoms with Crippen molar-refractivity contribution >= 4 is 46.4 Å². The molecule has 158 valence electrons. The maximum Gasteiger partial charge on any atom is 0.272 e. The number of hydrogen-bond donors (Lipinski definition) is 0. The molecule has 8 heteroatoms. The normalized spacial score (nSPS) is 13.8. The molecule has 0 atom stereocenters. The van der Waals surface area contributed by atoms with Gasteiger partial charge in [0.1, 0.15) is 17.3 Å². The first-order valence-corrected chi connectivity index (χ1v) is 10.7. The van der Waals surface area contributed by atoms with Gasteiger partial charge in [0.2, 0.25) is 0 Å². The van der Waals surface area contributed by atoms with E-state index in [1.165, 1.54) is 32.0 Å². The Morgan fingerprint density at radius 3 is 2.42 bits per heavy atom. The number of para-hydroxylation sites is 1. The highest BCUT2D eigenvalue weighted by atomic mass is 35.5. The minimum atomic E-state index is -0.447. The Kier molecular flexibility index (Phi) is 6.06. The Labute approximate surface area is 188 Å². The van der Waals surface area contributed by atoms with Crippen LogP contribution in [0, 0.1) is 0 Å². The third-order valence-corrected chi connectivity index (χ3v) is 6.14. The van der Waals surface area contributed by atoms with Gasteiger partial charge in [-0.15, -0.1) is 11.8 Å². The number of carbonyl (C=O) groups is 2. The van der Waals surface area contributed by atoms with Gasteiger partial charge in [-0.3, -0.25) is 9.59 Å². The van der Waals surface area contributed by atoms with Crippen LogP contribution in [-0.4, -0.2) is 26.0 Å². The summed E-state index contributed by atoms with van der Waals surface area (Å²) in [5.74, 6) is 1.18. The van der Waals surface area contributed by atoms with E-state index in [1.54, 1.807) is 48.7 Å². The predicted molar refractivity (Wildman–Crippen MR) is 120 cm³/mol. The van der Waals surface area contributed by atoms with Gasteiger partial charge in [-0.2, -0.15) is 0 Å². The lowest BCUT2D eigenvalue weighted by Gasteiger charge is -2.16. The third kappa shape index (κ3) is 3.94. The summed E-state index contributed by atoms with van der Waals surface area (Å²) < 4.78 is 16.0. The quantitative estimate of drug-likeness (QED) is 0.458. The highest BCUT2D eigenvalue weighted by Crippen LogP contribution is 2.43. The summed E-state index contributed by atoms with van der Waals surface area (Å²) in [6.45, 7) is 0. The van der Waals surface area contributed by atoms with Crippen molar-refractivity contribution < 1.29 is 23.5 Å². The van der Waals surface area contributed by atoms with E-state index in [2.05, 4.69) is 0 Å². The van der Waals surface area contributed by atoms with Crippen LogP contribution in [0.2, 0.25) is 5.02 Å². The van der Waals surface area contributed by atoms with Crippen molar-refractivity contribution in [2.24, 2.45) is 0 Å². The second-order valence-corrected chi connectivity index (χ2v) is 7.93. The first-order valence-electron chi connectivity index (χ1n) is 9.30. The molecule has 2 aromatic carbocycles. The zero-order valence-corrected chi connectivity index (χ0v) is 18.3. The smallest absolute Gasteiger partial charge is 0.272 e. The summed E-state index contributed by atoms with van der Waals surface area (Å²) in [7, 11) is 3.02. The number of carbonyl (C=O) groups excluding carboxylic acids is 2. The number of ether oxygens (including phenoxy) is 2. The van der Waals surface area contributed by atoms with Gasteiger partial charge in [-0.25, -0.2) is 4.90 Å². The van der Waals surface area contributed by atoms with Crippen LogP contribution >= 0.6 is 23.4 Å². The predicted octanol–water partition coefficient (Wildman–Crippen LogP) is 5.17. The fourth-order valence-corrected chi connectivity index (χ4v) is 4.56. The van der Waals surface area contributed by atoms with Gasteiger partial charge in [-0.1, -0.05) is 29.8 Å². The molecule has 0 aliphatic carbocycles. The summed E-state index contributed by atoms with van der Waals surface area (Å²) in [5, 5.41) is 0.302. The molecule has 2 heterocycles. The van der Waals surface area contributed by atoms with Crippen LogP contribution in [0.4, 0.5) is 5.69 Å². The minimum Gasteiger partial charge on any atom is -0.496 e. The van der Waals surface area contributed by atoms with Gasteiger partial charge in [0.05, 0.1) is 47.4 Å². The molecule has 1 aromatic heterocycles. The van der Waals surface area contributed by atoms with Crippen LogP contribution in [0.15, 0.2) is 70.2 Å². The highest BCUT2D eigenvalue weighted by molar-refractivity contribution is 8.03. The van der Waals surface area contributed by atoms with Crippen LogP contribution in [0.3, 0.4) is 0 Å². The SMILES string of the molecule is COc1ccc(N2C(=O)C(SCc3ccco3)=C(c3ccccc3OC)C2=O)cc1Cl.